The van der Waals surface area contributed by atoms with Gasteiger partial charge in [-0.25, -0.2) is 9.07 Å². The second-order valence-corrected chi connectivity index (χ2v) is 8.50. The van der Waals surface area contributed by atoms with Gasteiger partial charge in [0.15, 0.2) is 0 Å². The van der Waals surface area contributed by atoms with Crippen LogP contribution in [0.2, 0.25) is 0 Å². The molecule has 2 aromatic carbocycles. The average Bonchev–Trinajstić information content (AvgIpc) is 3.31. The van der Waals surface area contributed by atoms with Crippen LogP contribution in [0.25, 0.3) is 11.8 Å². The van der Waals surface area contributed by atoms with E-state index < -0.39 is 0 Å². The number of hydrogen-bond donors (Lipinski definition) is 1. The van der Waals surface area contributed by atoms with E-state index in [9.17, 15) is 9.18 Å². The first kappa shape index (κ1) is 21.0. The molecule has 0 saturated heterocycles. The third-order valence-electron chi connectivity index (χ3n) is 6.66. The Bertz CT molecular complexity index is 1120. The summed E-state index contributed by atoms with van der Waals surface area (Å²) >= 11 is 0. The molecule has 0 spiro atoms. The summed E-state index contributed by atoms with van der Waals surface area (Å²) in [4.78, 5) is 13.1. The smallest absolute Gasteiger partial charge is 0.224 e. The van der Waals surface area contributed by atoms with Gasteiger partial charge in [-0.3, -0.25) is 4.79 Å². The van der Waals surface area contributed by atoms with Gasteiger partial charge >= 0.3 is 0 Å². The number of fused-ring (bicyclic) bond motifs is 2. The summed E-state index contributed by atoms with van der Waals surface area (Å²) in [5, 5.41) is 7.69. The second kappa shape index (κ2) is 8.14. The van der Waals surface area contributed by atoms with Crippen LogP contribution < -0.4 is 5.32 Å². The van der Waals surface area contributed by atoms with E-state index in [0.717, 1.165) is 41.8 Å². The molecule has 1 fully saturated rings. The van der Waals surface area contributed by atoms with E-state index in [4.69, 9.17) is 0 Å². The molecular weight excluding hydrogens is 389 g/mol. The maximum atomic E-state index is 13.3. The highest BCUT2D eigenvalue weighted by Crippen LogP contribution is 2.53. The van der Waals surface area contributed by atoms with Crippen molar-refractivity contribution >= 4 is 12.0 Å². The Hall–Kier alpha value is -3.21. The molecule has 2 aliphatic carbocycles. The highest BCUT2D eigenvalue weighted by atomic mass is 19.1. The molecule has 0 unspecified atom stereocenters. The first-order valence-electron chi connectivity index (χ1n) is 10.4. The monoisotopic (exact) mass is 417 g/mol. The van der Waals surface area contributed by atoms with Crippen LogP contribution in [0, 0.1) is 17.2 Å². The van der Waals surface area contributed by atoms with Gasteiger partial charge in [-0.05, 0) is 60.7 Å². The molecule has 0 radical (unpaired) electrons. The van der Waals surface area contributed by atoms with E-state index in [2.05, 4.69) is 23.4 Å². The molecule has 1 amide bonds. The first-order valence-corrected chi connectivity index (χ1v) is 10.4. The lowest BCUT2D eigenvalue weighted by Gasteiger charge is -2.35. The summed E-state index contributed by atoms with van der Waals surface area (Å²) in [6.07, 6.45) is 6.64. The van der Waals surface area contributed by atoms with Crippen LogP contribution in [0.3, 0.4) is 0 Å². The van der Waals surface area contributed by atoms with E-state index in [1.165, 1.54) is 17.7 Å². The van der Waals surface area contributed by atoms with E-state index in [1.54, 1.807) is 12.1 Å². The van der Waals surface area contributed by atoms with E-state index in [0.29, 0.717) is 6.54 Å². The summed E-state index contributed by atoms with van der Waals surface area (Å²) in [6, 6.07) is 16.4. The van der Waals surface area contributed by atoms with Gasteiger partial charge in [0.1, 0.15) is 5.82 Å². The Morgan fingerprint density at radius 3 is 2.68 bits per heavy atom. The summed E-state index contributed by atoms with van der Waals surface area (Å²) in [6.45, 7) is 2.76. The summed E-state index contributed by atoms with van der Waals surface area (Å²) in [5.41, 5.74) is 5.24. The lowest BCUT2D eigenvalue weighted by molar-refractivity contribution is -0.127. The molecule has 2 atom stereocenters. The standard InChI is InChI=1S/C25H24FN3O.CH4/c1-25-14-18-16-28-29(21-10-8-20(26)9-11-21)23(18)13-19(25)7-12-22(25)24(30)27-15-17-5-3-2-4-6-17;/h2-6,8-11,13,16,22H,7,12,14-15H2,1H3,(H,27,30);1H4/t22-,25+;/m1./s1. The number of amides is 1. The van der Waals surface area contributed by atoms with Gasteiger partial charge in [0, 0.05) is 17.9 Å². The number of halogens is 1. The number of benzene rings is 2. The molecule has 160 valence electrons. The van der Waals surface area contributed by atoms with Gasteiger partial charge in [0.2, 0.25) is 5.91 Å². The van der Waals surface area contributed by atoms with Crippen molar-refractivity contribution in [3.8, 4) is 5.69 Å². The molecule has 3 aromatic rings. The van der Waals surface area contributed by atoms with Crippen molar-refractivity contribution in [3.63, 3.8) is 0 Å². The van der Waals surface area contributed by atoms with E-state index in [1.807, 2.05) is 41.2 Å². The molecule has 2 aliphatic rings. The molecule has 5 rings (SSSR count). The lowest BCUT2D eigenvalue weighted by Crippen LogP contribution is -2.39. The number of carbonyl (C=O) groups excluding carboxylic acids is 1. The van der Waals surface area contributed by atoms with Crippen LogP contribution in [0.15, 0.2) is 66.4 Å². The molecule has 1 aromatic heterocycles. The van der Waals surface area contributed by atoms with E-state index in [-0.39, 0.29) is 30.5 Å². The van der Waals surface area contributed by atoms with Gasteiger partial charge in [-0.15, -0.1) is 0 Å². The molecule has 31 heavy (non-hydrogen) atoms. The van der Waals surface area contributed by atoms with Crippen LogP contribution in [0.5, 0.6) is 0 Å². The van der Waals surface area contributed by atoms with Gasteiger partial charge < -0.3 is 5.32 Å². The Morgan fingerprint density at radius 1 is 1.19 bits per heavy atom. The fourth-order valence-corrected chi connectivity index (χ4v) is 4.96. The highest BCUT2D eigenvalue weighted by molar-refractivity contribution is 5.82. The summed E-state index contributed by atoms with van der Waals surface area (Å²) < 4.78 is 15.2. The molecule has 0 bridgehead atoms. The third-order valence-corrected chi connectivity index (χ3v) is 6.66. The first-order chi connectivity index (χ1) is 14.5. The zero-order chi connectivity index (χ0) is 20.7. The molecule has 1 N–H and O–H groups in total. The second-order valence-electron chi connectivity index (χ2n) is 8.50. The topological polar surface area (TPSA) is 46.9 Å². The Morgan fingerprint density at radius 2 is 1.94 bits per heavy atom. The predicted molar refractivity (Wildman–Crippen MR) is 121 cm³/mol. The summed E-state index contributed by atoms with van der Waals surface area (Å²) in [5.74, 6) is -0.181. The summed E-state index contributed by atoms with van der Waals surface area (Å²) in [7, 11) is 0. The molecular formula is C26H28FN3O. The fraction of sp³-hybridized carbons (Fsp3) is 0.308. The fourth-order valence-electron chi connectivity index (χ4n) is 4.96. The van der Waals surface area contributed by atoms with Crippen molar-refractivity contribution in [2.75, 3.05) is 0 Å². The van der Waals surface area contributed by atoms with Crippen molar-refractivity contribution < 1.29 is 9.18 Å². The van der Waals surface area contributed by atoms with Gasteiger partial charge in [-0.2, -0.15) is 5.10 Å². The number of allylic oxidation sites excluding steroid dienone is 1. The minimum absolute atomic E-state index is 0. The predicted octanol–water partition coefficient (Wildman–Crippen LogP) is 5.32. The number of aromatic nitrogens is 2. The van der Waals surface area contributed by atoms with Crippen molar-refractivity contribution in [2.24, 2.45) is 11.3 Å². The Kier molecular flexibility index (Phi) is 5.52. The average molecular weight is 418 g/mol. The molecule has 1 heterocycles. The third kappa shape index (κ3) is 3.69. The van der Waals surface area contributed by atoms with Crippen molar-refractivity contribution in [2.45, 2.75) is 40.2 Å². The van der Waals surface area contributed by atoms with Crippen molar-refractivity contribution in [1.82, 2.24) is 15.1 Å². The van der Waals surface area contributed by atoms with Crippen LogP contribution in [0.4, 0.5) is 4.39 Å². The van der Waals surface area contributed by atoms with Crippen LogP contribution in [-0.2, 0) is 17.8 Å². The largest absolute Gasteiger partial charge is 0.352 e. The minimum atomic E-state index is -0.258. The molecule has 1 saturated carbocycles. The maximum Gasteiger partial charge on any atom is 0.224 e. The quantitative estimate of drug-likeness (QED) is 0.625. The van der Waals surface area contributed by atoms with Crippen molar-refractivity contribution in [3.05, 3.63) is 89.0 Å². The Labute approximate surface area is 182 Å². The SMILES string of the molecule is C.C[C@]12Cc3cnn(-c4ccc(F)cc4)c3C=C1CC[C@@H]2C(=O)NCc1ccccc1. The lowest BCUT2D eigenvalue weighted by atomic mass is 9.69. The number of hydrogen-bond acceptors (Lipinski definition) is 2. The zero-order valence-corrected chi connectivity index (χ0v) is 16.9. The zero-order valence-electron chi connectivity index (χ0n) is 16.9. The molecule has 0 aliphatic heterocycles. The number of carbonyl (C=O) groups is 1. The highest BCUT2D eigenvalue weighted by Gasteiger charge is 2.48. The van der Waals surface area contributed by atoms with Gasteiger partial charge in [0.05, 0.1) is 17.6 Å². The number of nitrogens with zero attached hydrogens (tertiary/aromatic N) is 2. The van der Waals surface area contributed by atoms with Gasteiger partial charge in [-0.1, -0.05) is 50.3 Å². The van der Waals surface area contributed by atoms with Crippen LogP contribution >= 0.6 is 0 Å². The maximum absolute atomic E-state index is 13.3. The van der Waals surface area contributed by atoms with Crippen LogP contribution in [-0.4, -0.2) is 15.7 Å². The number of nitrogens with one attached hydrogen (secondary N) is 1. The van der Waals surface area contributed by atoms with E-state index >= 15 is 0 Å². The normalized spacial score (nSPS) is 21.5. The van der Waals surface area contributed by atoms with Crippen molar-refractivity contribution in [1.29, 1.82) is 0 Å². The van der Waals surface area contributed by atoms with Crippen LogP contribution in [0.1, 0.15) is 44.0 Å². The molecule has 5 heteroatoms. The Balaban J connectivity index is 0.00000231. The number of rotatable bonds is 4. The van der Waals surface area contributed by atoms with Gasteiger partial charge in [0.25, 0.3) is 0 Å². The minimum Gasteiger partial charge on any atom is -0.352 e. The molecule has 4 nitrogen and oxygen atoms in total.